The number of aromatic nitrogens is 1. The summed E-state index contributed by atoms with van der Waals surface area (Å²) in [6.07, 6.45) is 1.58. The molecule has 100 valence electrons. The molecule has 0 saturated carbocycles. The van der Waals surface area contributed by atoms with Crippen LogP contribution in [0.4, 0.5) is 9.52 Å². The Kier molecular flexibility index (Phi) is 3.85. The van der Waals surface area contributed by atoms with Crippen LogP contribution in [0.5, 0.6) is 0 Å². The standard InChI is InChI=1S/C14H10FN3S2/c15-13-7-6-11(20-13)8-16-18-14-17-12(9-19-14)10-4-2-1-3-5-10/h1-9H,(H,17,18). The van der Waals surface area contributed by atoms with E-state index in [9.17, 15) is 4.39 Å². The number of thiazole rings is 1. The Bertz CT molecular complexity index is 719. The number of benzene rings is 1. The molecular formula is C14H10FN3S2. The molecule has 0 amide bonds. The minimum absolute atomic E-state index is 0.216. The molecule has 6 heteroatoms. The van der Waals surface area contributed by atoms with Crippen molar-refractivity contribution in [1.82, 2.24) is 4.98 Å². The van der Waals surface area contributed by atoms with E-state index in [1.165, 1.54) is 17.4 Å². The van der Waals surface area contributed by atoms with Gasteiger partial charge in [-0.05, 0) is 12.1 Å². The van der Waals surface area contributed by atoms with Crippen LogP contribution < -0.4 is 5.43 Å². The summed E-state index contributed by atoms with van der Waals surface area (Å²) in [6, 6.07) is 13.1. The minimum atomic E-state index is -0.216. The maximum atomic E-state index is 12.8. The predicted octanol–water partition coefficient (Wildman–Crippen LogP) is 4.46. The van der Waals surface area contributed by atoms with Crippen molar-refractivity contribution in [1.29, 1.82) is 0 Å². The van der Waals surface area contributed by atoms with Gasteiger partial charge in [0, 0.05) is 10.9 Å². The molecule has 0 unspecified atom stereocenters. The zero-order valence-electron chi connectivity index (χ0n) is 10.3. The van der Waals surface area contributed by atoms with Crippen LogP contribution >= 0.6 is 22.7 Å². The number of anilines is 1. The Morgan fingerprint density at radius 2 is 2.00 bits per heavy atom. The molecule has 20 heavy (non-hydrogen) atoms. The first-order valence-electron chi connectivity index (χ1n) is 5.86. The lowest BCUT2D eigenvalue weighted by molar-refractivity contribution is 0.657. The fourth-order valence-corrected chi connectivity index (χ4v) is 2.89. The first kappa shape index (κ1) is 13.0. The van der Waals surface area contributed by atoms with Crippen molar-refractivity contribution in [3.05, 3.63) is 57.9 Å². The van der Waals surface area contributed by atoms with E-state index in [2.05, 4.69) is 15.5 Å². The molecule has 0 saturated heterocycles. The average Bonchev–Trinajstić information content (AvgIpc) is 3.09. The van der Waals surface area contributed by atoms with Gasteiger partial charge in [-0.1, -0.05) is 30.3 Å². The van der Waals surface area contributed by atoms with Crippen molar-refractivity contribution in [2.75, 3.05) is 5.43 Å². The molecule has 2 heterocycles. The van der Waals surface area contributed by atoms with Gasteiger partial charge in [0.15, 0.2) is 5.13 Å². The molecular weight excluding hydrogens is 293 g/mol. The Hall–Kier alpha value is -2.05. The van der Waals surface area contributed by atoms with Crippen molar-refractivity contribution < 1.29 is 4.39 Å². The van der Waals surface area contributed by atoms with Crippen molar-refractivity contribution in [2.45, 2.75) is 0 Å². The molecule has 0 aliphatic rings. The van der Waals surface area contributed by atoms with Gasteiger partial charge in [-0.15, -0.1) is 22.7 Å². The maximum Gasteiger partial charge on any atom is 0.203 e. The van der Waals surface area contributed by atoms with Gasteiger partial charge < -0.3 is 0 Å². The summed E-state index contributed by atoms with van der Waals surface area (Å²) < 4.78 is 12.8. The van der Waals surface area contributed by atoms with E-state index >= 15 is 0 Å². The van der Waals surface area contributed by atoms with Gasteiger partial charge in [0.25, 0.3) is 0 Å². The fraction of sp³-hybridized carbons (Fsp3) is 0. The van der Waals surface area contributed by atoms with E-state index in [1.54, 1.807) is 12.3 Å². The topological polar surface area (TPSA) is 37.3 Å². The second-order valence-electron chi connectivity index (χ2n) is 3.92. The summed E-state index contributed by atoms with van der Waals surface area (Å²) in [5.74, 6) is 0. The highest BCUT2D eigenvalue weighted by atomic mass is 32.1. The van der Waals surface area contributed by atoms with E-state index in [-0.39, 0.29) is 5.13 Å². The van der Waals surface area contributed by atoms with Gasteiger partial charge >= 0.3 is 0 Å². The highest BCUT2D eigenvalue weighted by Crippen LogP contribution is 2.24. The zero-order valence-corrected chi connectivity index (χ0v) is 11.9. The molecule has 3 rings (SSSR count). The normalized spacial score (nSPS) is 11.1. The smallest absolute Gasteiger partial charge is 0.203 e. The van der Waals surface area contributed by atoms with Crippen LogP contribution in [0.15, 0.2) is 52.9 Å². The van der Waals surface area contributed by atoms with Crippen LogP contribution in [0.1, 0.15) is 4.88 Å². The van der Waals surface area contributed by atoms with Gasteiger partial charge in [-0.25, -0.2) is 4.98 Å². The number of halogens is 1. The number of hydrogen-bond donors (Lipinski definition) is 1. The maximum absolute atomic E-state index is 12.8. The molecule has 0 bridgehead atoms. The Balaban J connectivity index is 1.67. The SMILES string of the molecule is Fc1ccc(C=NNc2nc(-c3ccccc3)cs2)s1. The Morgan fingerprint density at radius 1 is 1.15 bits per heavy atom. The molecule has 1 N–H and O–H groups in total. The second-order valence-corrected chi connectivity index (χ2v) is 5.84. The summed E-state index contributed by atoms with van der Waals surface area (Å²) in [5, 5.41) is 6.51. The van der Waals surface area contributed by atoms with E-state index in [0.717, 1.165) is 27.5 Å². The van der Waals surface area contributed by atoms with Gasteiger partial charge in [0.2, 0.25) is 5.13 Å². The summed E-state index contributed by atoms with van der Waals surface area (Å²) in [6.45, 7) is 0. The van der Waals surface area contributed by atoms with Crippen LogP contribution in [0.3, 0.4) is 0 Å². The van der Waals surface area contributed by atoms with Crippen molar-refractivity contribution in [2.24, 2.45) is 5.10 Å². The molecule has 1 aromatic carbocycles. The number of nitrogens with one attached hydrogen (secondary N) is 1. The Morgan fingerprint density at radius 3 is 2.75 bits per heavy atom. The summed E-state index contributed by atoms with van der Waals surface area (Å²) in [7, 11) is 0. The van der Waals surface area contributed by atoms with E-state index in [1.807, 2.05) is 35.7 Å². The summed E-state index contributed by atoms with van der Waals surface area (Å²) in [5.41, 5.74) is 4.84. The molecule has 0 atom stereocenters. The van der Waals surface area contributed by atoms with Crippen LogP contribution in [0, 0.1) is 5.13 Å². The lowest BCUT2D eigenvalue weighted by atomic mass is 10.2. The van der Waals surface area contributed by atoms with Crippen molar-refractivity contribution >= 4 is 34.0 Å². The van der Waals surface area contributed by atoms with E-state index in [0.29, 0.717) is 5.13 Å². The predicted molar refractivity (Wildman–Crippen MR) is 83.0 cm³/mol. The third-order valence-electron chi connectivity index (χ3n) is 2.52. The number of hydrazone groups is 1. The average molecular weight is 303 g/mol. The molecule has 0 radical (unpaired) electrons. The number of hydrogen-bond acceptors (Lipinski definition) is 5. The van der Waals surface area contributed by atoms with Crippen molar-refractivity contribution in [3.8, 4) is 11.3 Å². The van der Waals surface area contributed by atoms with Crippen LogP contribution in [0.25, 0.3) is 11.3 Å². The lowest BCUT2D eigenvalue weighted by Gasteiger charge is -1.94. The lowest BCUT2D eigenvalue weighted by Crippen LogP contribution is -1.88. The summed E-state index contributed by atoms with van der Waals surface area (Å²) in [4.78, 5) is 5.20. The molecule has 0 fully saturated rings. The van der Waals surface area contributed by atoms with Gasteiger partial charge in [-0.2, -0.15) is 9.49 Å². The molecule has 0 spiro atoms. The number of rotatable bonds is 4. The van der Waals surface area contributed by atoms with Crippen LogP contribution in [0.2, 0.25) is 0 Å². The Labute approximate surface area is 123 Å². The first-order valence-corrected chi connectivity index (χ1v) is 7.56. The number of nitrogens with zero attached hydrogens (tertiary/aromatic N) is 2. The van der Waals surface area contributed by atoms with Gasteiger partial charge in [-0.3, -0.25) is 5.43 Å². The van der Waals surface area contributed by atoms with Gasteiger partial charge in [0.05, 0.1) is 16.8 Å². The molecule has 2 aromatic heterocycles. The highest BCUT2D eigenvalue weighted by Gasteiger charge is 2.02. The molecule has 3 aromatic rings. The third-order valence-corrected chi connectivity index (χ3v) is 4.07. The molecule has 3 nitrogen and oxygen atoms in total. The summed E-state index contributed by atoms with van der Waals surface area (Å²) >= 11 is 2.53. The number of thiophene rings is 1. The molecule has 0 aliphatic heterocycles. The third kappa shape index (κ3) is 3.09. The van der Waals surface area contributed by atoms with E-state index in [4.69, 9.17) is 0 Å². The largest absolute Gasteiger partial charge is 0.253 e. The zero-order chi connectivity index (χ0) is 13.8. The first-order chi connectivity index (χ1) is 9.81. The van der Waals surface area contributed by atoms with Gasteiger partial charge in [0.1, 0.15) is 0 Å². The quantitative estimate of drug-likeness (QED) is 0.571. The van der Waals surface area contributed by atoms with Crippen LogP contribution in [-0.4, -0.2) is 11.2 Å². The minimum Gasteiger partial charge on any atom is -0.253 e. The fourth-order valence-electron chi connectivity index (χ4n) is 1.62. The van der Waals surface area contributed by atoms with E-state index < -0.39 is 0 Å². The van der Waals surface area contributed by atoms with Crippen molar-refractivity contribution in [3.63, 3.8) is 0 Å². The monoisotopic (exact) mass is 303 g/mol. The highest BCUT2D eigenvalue weighted by molar-refractivity contribution is 7.14. The van der Waals surface area contributed by atoms with Crippen LogP contribution in [-0.2, 0) is 0 Å². The second kappa shape index (κ2) is 5.94. The molecule has 0 aliphatic carbocycles.